The van der Waals surface area contributed by atoms with E-state index in [0.29, 0.717) is 25.6 Å². The maximum Gasteiger partial charge on any atom is 0.269 e. The Morgan fingerprint density at radius 3 is 2.72 bits per heavy atom. The van der Waals surface area contributed by atoms with Crippen molar-refractivity contribution in [1.29, 1.82) is 0 Å². The van der Waals surface area contributed by atoms with Gasteiger partial charge in [-0.3, -0.25) is 15.1 Å². The molecule has 1 fully saturated rings. The fraction of sp³-hybridized carbons (Fsp3) is 0.364. The predicted octanol–water partition coefficient (Wildman–Crippen LogP) is 2.63. The zero-order valence-electron chi connectivity index (χ0n) is 17.7. The van der Waals surface area contributed by atoms with Crippen LogP contribution in [-0.4, -0.2) is 57.2 Å². The Balaban J connectivity index is 1.57. The van der Waals surface area contributed by atoms with Crippen LogP contribution >= 0.6 is 0 Å². The Morgan fingerprint density at radius 1 is 1.16 bits per heavy atom. The monoisotopic (exact) mass is 433 g/mol. The number of hydrogen-bond donors (Lipinski definition) is 0. The van der Waals surface area contributed by atoms with Crippen LogP contribution in [0, 0.1) is 10.1 Å². The van der Waals surface area contributed by atoms with Crippen LogP contribution in [0.4, 0.5) is 17.3 Å². The molecule has 2 aliphatic rings. The van der Waals surface area contributed by atoms with Crippen LogP contribution in [0.1, 0.15) is 18.2 Å². The number of morpholine rings is 1. The molecule has 0 spiro atoms. The summed E-state index contributed by atoms with van der Waals surface area (Å²) in [6.07, 6.45) is 5.91. The summed E-state index contributed by atoms with van der Waals surface area (Å²) in [6.45, 7) is 5.60. The Morgan fingerprint density at radius 2 is 2.00 bits per heavy atom. The molecule has 10 nitrogen and oxygen atoms in total. The van der Waals surface area contributed by atoms with Crippen LogP contribution < -0.4 is 9.80 Å². The lowest BCUT2D eigenvalue weighted by Gasteiger charge is -2.38. The normalized spacial score (nSPS) is 18.3. The molecule has 0 amide bonds. The molecule has 2 aliphatic heterocycles. The molecule has 3 aromatic rings. The van der Waals surface area contributed by atoms with Gasteiger partial charge in [0, 0.05) is 48.7 Å². The lowest BCUT2D eigenvalue weighted by atomic mass is 10.0. The fourth-order valence-electron chi connectivity index (χ4n) is 4.20. The Labute approximate surface area is 185 Å². The number of non-ortho nitro benzene ring substituents is 1. The van der Waals surface area contributed by atoms with E-state index in [4.69, 9.17) is 14.7 Å². The van der Waals surface area contributed by atoms with Crippen molar-refractivity contribution < 1.29 is 9.66 Å². The number of nitro groups is 1. The zero-order valence-corrected chi connectivity index (χ0v) is 17.7. The van der Waals surface area contributed by atoms with Gasteiger partial charge in [0.05, 0.1) is 42.6 Å². The molecule has 1 aromatic carbocycles. The highest BCUT2D eigenvalue weighted by molar-refractivity contribution is 5.63. The minimum Gasteiger partial charge on any atom is -0.377 e. The first-order valence-electron chi connectivity index (χ1n) is 10.6. The van der Waals surface area contributed by atoms with Crippen LogP contribution in [0.25, 0.3) is 11.4 Å². The van der Waals surface area contributed by atoms with Crippen LogP contribution in [0.5, 0.6) is 0 Å². The molecule has 1 unspecified atom stereocenters. The van der Waals surface area contributed by atoms with Crippen LogP contribution in [0.15, 0.2) is 42.9 Å². The molecule has 1 saturated heterocycles. The number of nitrogens with zero attached hydrogens (tertiary/aromatic N) is 7. The number of hydrogen-bond acceptors (Lipinski definition) is 9. The van der Waals surface area contributed by atoms with Crippen LogP contribution in [0.2, 0.25) is 0 Å². The van der Waals surface area contributed by atoms with Gasteiger partial charge in [-0.15, -0.1) is 0 Å². The number of anilines is 2. The molecule has 164 valence electrons. The standard InChI is InChI=1S/C22H23N7O3/c1-15-14-32-11-10-28(15)22-18-6-9-27(20-12-23-7-8-24-20)13-19(18)25-21(26-22)16-2-4-17(5-3-16)29(30)31/h2-5,7-8,12,15H,6,9-11,13-14H2,1H3. The molecule has 0 bridgehead atoms. The molecule has 32 heavy (non-hydrogen) atoms. The predicted molar refractivity (Wildman–Crippen MR) is 119 cm³/mol. The molecule has 5 rings (SSSR count). The molecule has 0 aliphatic carbocycles. The molecular formula is C22H23N7O3. The molecule has 0 saturated carbocycles. The van der Waals surface area contributed by atoms with E-state index in [9.17, 15) is 10.1 Å². The summed E-state index contributed by atoms with van der Waals surface area (Å²) < 4.78 is 5.63. The van der Waals surface area contributed by atoms with Gasteiger partial charge in [-0.2, -0.15) is 0 Å². The van der Waals surface area contributed by atoms with Crippen LogP contribution in [-0.2, 0) is 17.7 Å². The summed E-state index contributed by atoms with van der Waals surface area (Å²) in [5, 5.41) is 11.0. The van der Waals surface area contributed by atoms with E-state index >= 15 is 0 Å². The zero-order chi connectivity index (χ0) is 22.1. The summed E-state index contributed by atoms with van der Waals surface area (Å²) in [5.41, 5.74) is 2.88. The van der Waals surface area contributed by atoms with Gasteiger partial charge in [0.15, 0.2) is 5.82 Å². The van der Waals surface area contributed by atoms with E-state index in [1.807, 2.05) is 0 Å². The highest BCUT2D eigenvalue weighted by atomic mass is 16.6. The van der Waals surface area contributed by atoms with E-state index < -0.39 is 4.92 Å². The third-order valence-corrected chi connectivity index (χ3v) is 5.89. The van der Waals surface area contributed by atoms with Crippen molar-refractivity contribution in [3.05, 3.63) is 64.2 Å². The molecule has 0 radical (unpaired) electrons. The lowest BCUT2D eigenvalue weighted by Crippen LogP contribution is -2.45. The molecular weight excluding hydrogens is 410 g/mol. The average Bonchev–Trinajstić information content (AvgIpc) is 2.84. The average molecular weight is 433 g/mol. The number of fused-ring (bicyclic) bond motifs is 1. The van der Waals surface area contributed by atoms with Crippen molar-refractivity contribution in [2.24, 2.45) is 0 Å². The number of rotatable bonds is 4. The van der Waals surface area contributed by atoms with Crippen molar-refractivity contribution in [2.45, 2.75) is 25.9 Å². The largest absolute Gasteiger partial charge is 0.377 e. The van der Waals surface area contributed by atoms with E-state index in [1.165, 1.54) is 12.1 Å². The number of nitro benzene ring substituents is 1. The molecule has 2 aromatic heterocycles. The maximum atomic E-state index is 11.0. The van der Waals surface area contributed by atoms with Gasteiger partial charge in [0.25, 0.3) is 5.69 Å². The summed E-state index contributed by atoms with van der Waals surface area (Å²) in [6, 6.07) is 6.58. The second kappa shape index (κ2) is 8.46. The van der Waals surface area contributed by atoms with E-state index in [-0.39, 0.29) is 11.7 Å². The SMILES string of the molecule is CC1COCCN1c1nc(-c2ccc([N+](=O)[O-])cc2)nc2c1CCN(c1cnccn1)C2. The van der Waals surface area contributed by atoms with Crippen molar-refractivity contribution in [2.75, 3.05) is 36.1 Å². The van der Waals surface area contributed by atoms with Gasteiger partial charge in [-0.1, -0.05) is 0 Å². The van der Waals surface area contributed by atoms with Gasteiger partial charge in [-0.25, -0.2) is 15.0 Å². The smallest absolute Gasteiger partial charge is 0.269 e. The Kier molecular flexibility index (Phi) is 5.36. The number of benzene rings is 1. The molecule has 1 atom stereocenters. The molecule has 10 heteroatoms. The van der Waals surface area contributed by atoms with Crippen molar-refractivity contribution in [3.8, 4) is 11.4 Å². The van der Waals surface area contributed by atoms with Gasteiger partial charge in [0.1, 0.15) is 11.6 Å². The lowest BCUT2D eigenvalue weighted by molar-refractivity contribution is -0.384. The number of ether oxygens (including phenoxy) is 1. The van der Waals surface area contributed by atoms with Gasteiger partial charge < -0.3 is 14.5 Å². The van der Waals surface area contributed by atoms with Crippen molar-refractivity contribution in [1.82, 2.24) is 19.9 Å². The minimum absolute atomic E-state index is 0.0440. The second-order valence-electron chi connectivity index (χ2n) is 7.95. The van der Waals surface area contributed by atoms with Gasteiger partial charge in [0.2, 0.25) is 0 Å². The van der Waals surface area contributed by atoms with Crippen molar-refractivity contribution in [3.63, 3.8) is 0 Å². The van der Waals surface area contributed by atoms with Gasteiger partial charge in [-0.05, 0) is 25.5 Å². The quantitative estimate of drug-likeness (QED) is 0.453. The Bertz CT molecular complexity index is 1120. The summed E-state index contributed by atoms with van der Waals surface area (Å²) >= 11 is 0. The molecule has 4 heterocycles. The maximum absolute atomic E-state index is 11.0. The van der Waals surface area contributed by atoms with Crippen LogP contribution in [0.3, 0.4) is 0 Å². The number of aromatic nitrogens is 4. The van der Waals surface area contributed by atoms with E-state index in [0.717, 1.165) is 48.0 Å². The third kappa shape index (κ3) is 3.84. The molecule has 0 N–H and O–H groups in total. The van der Waals surface area contributed by atoms with E-state index in [1.54, 1.807) is 30.7 Å². The second-order valence-corrected chi connectivity index (χ2v) is 7.95. The topological polar surface area (TPSA) is 110 Å². The first-order chi connectivity index (χ1) is 15.6. The fourth-order valence-corrected chi connectivity index (χ4v) is 4.20. The highest BCUT2D eigenvalue weighted by Crippen LogP contribution is 2.32. The summed E-state index contributed by atoms with van der Waals surface area (Å²) in [7, 11) is 0. The van der Waals surface area contributed by atoms with E-state index in [2.05, 4.69) is 26.7 Å². The summed E-state index contributed by atoms with van der Waals surface area (Å²) in [4.78, 5) is 33.5. The first kappa shape index (κ1) is 20.3. The highest BCUT2D eigenvalue weighted by Gasteiger charge is 2.29. The summed E-state index contributed by atoms with van der Waals surface area (Å²) in [5.74, 6) is 2.31. The Hall–Kier alpha value is -3.66. The minimum atomic E-state index is -0.406. The third-order valence-electron chi connectivity index (χ3n) is 5.89. The van der Waals surface area contributed by atoms with Gasteiger partial charge >= 0.3 is 0 Å². The van der Waals surface area contributed by atoms with Crippen molar-refractivity contribution >= 4 is 17.3 Å². The first-order valence-corrected chi connectivity index (χ1v) is 10.6.